The van der Waals surface area contributed by atoms with E-state index in [1.165, 1.54) is 0 Å². The Labute approximate surface area is 123 Å². The lowest BCUT2D eigenvalue weighted by atomic mass is 10.0. The van der Waals surface area contributed by atoms with E-state index in [0.29, 0.717) is 32.0 Å². The minimum absolute atomic E-state index is 0.199. The molecular formula is C15H20N2O4. The molecule has 1 aromatic rings. The first-order chi connectivity index (χ1) is 10.1. The summed E-state index contributed by atoms with van der Waals surface area (Å²) in [5, 5.41) is 9.33. The number of aromatic carboxylic acids is 1. The number of ether oxygens (including phenoxy) is 2. The molecule has 0 unspecified atom stereocenters. The number of benzene rings is 1. The van der Waals surface area contributed by atoms with Crippen molar-refractivity contribution >= 4 is 11.7 Å². The Morgan fingerprint density at radius 3 is 2.86 bits per heavy atom. The summed E-state index contributed by atoms with van der Waals surface area (Å²) in [6.07, 6.45) is 1.87. The first kappa shape index (κ1) is 14.3. The SMILES string of the molecule is Nc1cccc(CN2CCCC3(C2)OCCO3)c1C(=O)O. The van der Waals surface area contributed by atoms with Gasteiger partial charge in [0.05, 0.1) is 25.3 Å². The molecule has 0 aromatic heterocycles. The number of nitrogens with two attached hydrogens (primary N) is 1. The van der Waals surface area contributed by atoms with Crippen molar-refractivity contribution in [3.8, 4) is 0 Å². The lowest BCUT2D eigenvalue weighted by molar-refractivity contribution is -0.190. The van der Waals surface area contributed by atoms with Crippen LogP contribution in [0, 0.1) is 0 Å². The van der Waals surface area contributed by atoms with Crippen molar-refractivity contribution < 1.29 is 19.4 Å². The van der Waals surface area contributed by atoms with Crippen molar-refractivity contribution in [3.05, 3.63) is 29.3 Å². The van der Waals surface area contributed by atoms with Gasteiger partial charge in [-0.1, -0.05) is 12.1 Å². The van der Waals surface area contributed by atoms with Crippen LogP contribution >= 0.6 is 0 Å². The number of nitrogen functional groups attached to an aromatic ring is 1. The molecule has 2 heterocycles. The summed E-state index contributed by atoms with van der Waals surface area (Å²) in [4.78, 5) is 13.6. The molecule has 3 N–H and O–H groups in total. The summed E-state index contributed by atoms with van der Waals surface area (Å²) in [7, 11) is 0. The van der Waals surface area contributed by atoms with Crippen LogP contribution < -0.4 is 5.73 Å². The van der Waals surface area contributed by atoms with Gasteiger partial charge in [-0.3, -0.25) is 4.90 Å². The van der Waals surface area contributed by atoms with Crippen molar-refractivity contribution in [3.63, 3.8) is 0 Å². The van der Waals surface area contributed by atoms with Crippen molar-refractivity contribution in [2.24, 2.45) is 0 Å². The maximum atomic E-state index is 11.4. The van der Waals surface area contributed by atoms with Gasteiger partial charge in [0.15, 0.2) is 5.79 Å². The van der Waals surface area contributed by atoms with Crippen LogP contribution in [-0.4, -0.2) is 48.1 Å². The molecule has 21 heavy (non-hydrogen) atoms. The minimum Gasteiger partial charge on any atom is -0.478 e. The van der Waals surface area contributed by atoms with Crippen LogP contribution in [0.5, 0.6) is 0 Å². The third-order valence-corrected chi connectivity index (χ3v) is 4.10. The Balaban J connectivity index is 1.77. The topological polar surface area (TPSA) is 85.0 Å². The zero-order valence-electron chi connectivity index (χ0n) is 11.9. The minimum atomic E-state index is -0.983. The number of carboxylic acids is 1. The maximum absolute atomic E-state index is 11.4. The van der Waals surface area contributed by atoms with E-state index in [9.17, 15) is 9.90 Å². The fourth-order valence-electron chi connectivity index (χ4n) is 3.19. The van der Waals surface area contributed by atoms with E-state index in [0.717, 1.165) is 24.9 Å². The average molecular weight is 292 g/mol. The molecule has 0 atom stereocenters. The molecule has 1 aromatic carbocycles. The largest absolute Gasteiger partial charge is 0.478 e. The first-order valence-corrected chi connectivity index (χ1v) is 7.21. The van der Waals surface area contributed by atoms with E-state index in [1.54, 1.807) is 12.1 Å². The second-order valence-electron chi connectivity index (χ2n) is 5.61. The number of hydrogen-bond acceptors (Lipinski definition) is 5. The van der Waals surface area contributed by atoms with Crippen LogP contribution in [0.15, 0.2) is 18.2 Å². The highest BCUT2D eigenvalue weighted by molar-refractivity contribution is 5.95. The third kappa shape index (κ3) is 2.88. The van der Waals surface area contributed by atoms with Crippen molar-refractivity contribution in [1.29, 1.82) is 0 Å². The number of nitrogens with zero attached hydrogens (tertiary/aromatic N) is 1. The molecule has 0 amide bonds. The van der Waals surface area contributed by atoms with E-state index >= 15 is 0 Å². The van der Waals surface area contributed by atoms with Crippen molar-refractivity contribution in [2.75, 3.05) is 32.0 Å². The van der Waals surface area contributed by atoms with Crippen LogP contribution in [0.25, 0.3) is 0 Å². The zero-order valence-corrected chi connectivity index (χ0v) is 11.9. The fraction of sp³-hybridized carbons (Fsp3) is 0.533. The Hall–Kier alpha value is -1.63. The first-order valence-electron chi connectivity index (χ1n) is 7.21. The Bertz CT molecular complexity index is 540. The summed E-state index contributed by atoms with van der Waals surface area (Å²) in [5.41, 5.74) is 7.03. The highest BCUT2D eigenvalue weighted by Crippen LogP contribution is 2.31. The molecule has 0 bridgehead atoms. The Morgan fingerprint density at radius 1 is 1.38 bits per heavy atom. The third-order valence-electron chi connectivity index (χ3n) is 4.10. The average Bonchev–Trinajstić information content (AvgIpc) is 2.86. The normalized spacial score (nSPS) is 21.7. The molecule has 0 saturated carbocycles. The van der Waals surface area contributed by atoms with Gasteiger partial charge in [0.1, 0.15) is 0 Å². The highest BCUT2D eigenvalue weighted by Gasteiger charge is 2.40. The summed E-state index contributed by atoms with van der Waals surface area (Å²) in [5.74, 6) is -1.48. The van der Waals surface area contributed by atoms with E-state index in [-0.39, 0.29) is 5.56 Å². The lowest BCUT2D eigenvalue weighted by Crippen LogP contribution is -2.48. The molecule has 6 nitrogen and oxygen atoms in total. The summed E-state index contributed by atoms with van der Waals surface area (Å²) < 4.78 is 11.5. The summed E-state index contributed by atoms with van der Waals surface area (Å²) in [6, 6.07) is 5.23. The Morgan fingerprint density at radius 2 is 2.14 bits per heavy atom. The Kier molecular flexibility index (Phi) is 3.84. The molecule has 114 valence electrons. The fourth-order valence-corrected chi connectivity index (χ4v) is 3.19. The second kappa shape index (κ2) is 5.63. The van der Waals surface area contributed by atoms with E-state index in [4.69, 9.17) is 15.2 Å². The predicted molar refractivity (Wildman–Crippen MR) is 77.0 cm³/mol. The van der Waals surface area contributed by atoms with Gasteiger partial charge >= 0.3 is 5.97 Å². The number of likely N-dealkylation sites (tertiary alicyclic amines) is 1. The highest BCUT2D eigenvalue weighted by atomic mass is 16.7. The molecule has 0 radical (unpaired) electrons. The molecule has 2 aliphatic heterocycles. The molecule has 2 aliphatic rings. The van der Waals surface area contributed by atoms with Gasteiger partial charge in [0, 0.05) is 18.7 Å². The smallest absolute Gasteiger partial charge is 0.338 e. The number of carbonyl (C=O) groups is 1. The number of anilines is 1. The quantitative estimate of drug-likeness (QED) is 0.817. The molecule has 6 heteroatoms. The monoisotopic (exact) mass is 292 g/mol. The number of hydrogen-bond donors (Lipinski definition) is 2. The van der Waals surface area contributed by atoms with Crippen LogP contribution in [0.3, 0.4) is 0 Å². The zero-order chi connectivity index (χ0) is 14.9. The lowest BCUT2D eigenvalue weighted by Gasteiger charge is -2.38. The molecule has 2 saturated heterocycles. The van der Waals surface area contributed by atoms with Crippen molar-refractivity contribution in [1.82, 2.24) is 4.90 Å². The van der Waals surface area contributed by atoms with Gasteiger partial charge in [-0.25, -0.2) is 4.79 Å². The van der Waals surface area contributed by atoms with Gasteiger partial charge in [0.25, 0.3) is 0 Å². The van der Waals surface area contributed by atoms with Crippen LogP contribution in [0.2, 0.25) is 0 Å². The standard InChI is InChI=1S/C15H20N2O4/c16-12-4-1-3-11(13(12)14(18)19)9-17-6-2-5-15(10-17)20-7-8-21-15/h1,3-4H,2,5-10,16H2,(H,18,19). The van der Waals surface area contributed by atoms with Gasteiger partial charge in [-0.15, -0.1) is 0 Å². The van der Waals surface area contributed by atoms with E-state index in [2.05, 4.69) is 4.90 Å². The van der Waals surface area contributed by atoms with Gasteiger partial charge in [0.2, 0.25) is 0 Å². The van der Waals surface area contributed by atoms with E-state index < -0.39 is 11.8 Å². The molecule has 0 aliphatic carbocycles. The molecule has 1 spiro atoms. The van der Waals surface area contributed by atoms with Crippen LogP contribution in [-0.2, 0) is 16.0 Å². The second-order valence-corrected chi connectivity index (χ2v) is 5.61. The van der Waals surface area contributed by atoms with Gasteiger partial charge in [-0.2, -0.15) is 0 Å². The van der Waals surface area contributed by atoms with Crippen LogP contribution in [0.1, 0.15) is 28.8 Å². The van der Waals surface area contributed by atoms with Crippen molar-refractivity contribution in [2.45, 2.75) is 25.2 Å². The molecule has 2 fully saturated rings. The van der Waals surface area contributed by atoms with Gasteiger partial charge < -0.3 is 20.3 Å². The number of carboxylic acid groups (broad SMARTS) is 1. The number of piperidine rings is 1. The van der Waals surface area contributed by atoms with E-state index in [1.807, 2.05) is 6.07 Å². The number of rotatable bonds is 3. The van der Waals surface area contributed by atoms with Crippen LogP contribution in [0.4, 0.5) is 5.69 Å². The molecular weight excluding hydrogens is 272 g/mol. The summed E-state index contributed by atoms with van der Waals surface area (Å²) in [6.45, 7) is 3.38. The predicted octanol–water partition coefficient (Wildman–Crippen LogP) is 1.31. The van der Waals surface area contributed by atoms with Gasteiger partial charge in [-0.05, 0) is 24.6 Å². The molecule has 3 rings (SSSR count). The summed E-state index contributed by atoms with van der Waals surface area (Å²) >= 11 is 0. The maximum Gasteiger partial charge on any atom is 0.338 e.